The average Bonchev–Trinajstić information content (AvgIpc) is 3.10. The molecule has 1 unspecified atom stereocenters. The second kappa shape index (κ2) is 8.42. The Balaban J connectivity index is 1.83. The number of aromatic nitrogens is 3. The minimum absolute atomic E-state index is 0.0897. The van der Waals surface area contributed by atoms with Crippen LogP contribution in [0.3, 0.4) is 0 Å². The van der Waals surface area contributed by atoms with E-state index in [9.17, 15) is 4.79 Å². The third-order valence-corrected chi connectivity index (χ3v) is 4.38. The molecule has 2 aromatic rings. The van der Waals surface area contributed by atoms with E-state index in [1.165, 1.54) is 18.1 Å². The van der Waals surface area contributed by atoms with E-state index in [0.717, 1.165) is 22.2 Å². The van der Waals surface area contributed by atoms with Gasteiger partial charge in [-0.15, -0.1) is 0 Å². The molecule has 0 spiro atoms. The molecule has 0 fully saturated rings. The van der Waals surface area contributed by atoms with Crippen LogP contribution in [-0.4, -0.2) is 52.6 Å². The van der Waals surface area contributed by atoms with Crippen molar-refractivity contribution in [1.29, 1.82) is 0 Å². The van der Waals surface area contributed by atoms with E-state index in [1.54, 1.807) is 19.1 Å². The molecular formula is C15H21N5O2S. The summed E-state index contributed by atoms with van der Waals surface area (Å²) in [5.41, 5.74) is 0.976. The van der Waals surface area contributed by atoms with E-state index in [1.807, 2.05) is 31.2 Å². The molecule has 23 heavy (non-hydrogen) atoms. The largest absolute Gasteiger partial charge is 0.496 e. The van der Waals surface area contributed by atoms with Crippen molar-refractivity contribution in [1.82, 2.24) is 25.4 Å². The Bertz CT molecular complexity index is 620. The Morgan fingerprint density at radius 1 is 1.48 bits per heavy atom. The highest BCUT2D eigenvalue weighted by molar-refractivity contribution is 7.99. The fourth-order valence-corrected chi connectivity index (χ4v) is 2.73. The minimum Gasteiger partial charge on any atom is -0.496 e. The predicted molar refractivity (Wildman–Crippen MR) is 89.7 cm³/mol. The lowest BCUT2D eigenvalue weighted by molar-refractivity contribution is 0.194. The Labute approximate surface area is 139 Å². The number of benzene rings is 1. The van der Waals surface area contributed by atoms with Gasteiger partial charge in [0.15, 0.2) is 5.16 Å². The Morgan fingerprint density at radius 3 is 2.96 bits per heavy atom. The number of ether oxygens (including phenoxy) is 1. The van der Waals surface area contributed by atoms with Crippen LogP contribution in [-0.2, 0) is 0 Å². The van der Waals surface area contributed by atoms with E-state index in [-0.39, 0.29) is 12.1 Å². The summed E-state index contributed by atoms with van der Waals surface area (Å²) < 4.78 is 5.36. The summed E-state index contributed by atoms with van der Waals surface area (Å²) in [4.78, 5) is 17.9. The third-order valence-electron chi connectivity index (χ3n) is 3.50. The normalized spacial score (nSPS) is 11.8. The first-order valence-electron chi connectivity index (χ1n) is 7.25. The zero-order valence-electron chi connectivity index (χ0n) is 13.4. The number of aromatic amines is 1. The fourth-order valence-electron chi connectivity index (χ4n) is 2.09. The van der Waals surface area contributed by atoms with Gasteiger partial charge < -0.3 is 15.0 Å². The number of thioether (sulfide) groups is 1. The maximum atomic E-state index is 12.2. The summed E-state index contributed by atoms with van der Waals surface area (Å²) in [6.45, 7) is 2.52. The van der Waals surface area contributed by atoms with Gasteiger partial charge in [-0.1, -0.05) is 30.0 Å². The van der Waals surface area contributed by atoms with Gasteiger partial charge in [0.25, 0.3) is 0 Å². The van der Waals surface area contributed by atoms with Gasteiger partial charge in [0.05, 0.1) is 13.2 Å². The molecule has 2 amide bonds. The van der Waals surface area contributed by atoms with E-state index in [4.69, 9.17) is 4.74 Å². The predicted octanol–water partition coefficient (Wildman–Crippen LogP) is 2.31. The highest BCUT2D eigenvalue weighted by Gasteiger charge is 2.19. The summed E-state index contributed by atoms with van der Waals surface area (Å²) in [5.74, 6) is 1.50. The molecule has 0 aliphatic rings. The lowest BCUT2D eigenvalue weighted by Crippen LogP contribution is -2.39. The van der Waals surface area contributed by atoms with Crippen molar-refractivity contribution in [2.75, 3.05) is 26.5 Å². The van der Waals surface area contributed by atoms with Crippen LogP contribution in [0.15, 0.2) is 35.7 Å². The second-order valence-electron chi connectivity index (χ2n) is 4.90. The van der Waals surface area contributed by atoms with Gasteiger partial charge in [0, 0.05) is 24.9 Å². The van der Waals surface area contributed by atoms with Crippen molar-refractivity contribution >= 4 is 17.8 Å². The number of carbonyl (C=O) groups excluding carboxylic acids is 1. The number of hydrogen-bond acceptors (Lipinski definition) is 5. The molecule has 7 nitrogen and oxygen atoms in total. The molecule has 0 radical (unpaired) electrons. The lowest BCUT2D eigenvalue weighted by atomic mass is 10.1. The molecule has 1 aromatic carbocycles. The molecule has 1 atom stereocenters. The van der Waals surface area contributed by atoms with E-state index in [0.29, 0.717) is 6.54 Å². The third kappa shape index (κ3) is 4.62. The smallest absolute Gasteiger partial charge is 0.317 e. The van der Waals surface area contributed by atoms with Crippen LogP contribution in [0.4, 0.5) is 4.79 Å². The van der Waals surface area contributed by atoms with E-state index < -0.39 is 0 Å². The molecule has 1 heterocycles. The average molecular weight is 335 g/mol. The van der Waals surface area contributed by atoms with Crippen LogP contribution in [0.1, 0.15) is 18.5 Å². The fraction of sp³-hybridized carbons (Fsp3) is 0.400. The number of rotatable bonds is 7. The summed E-state index contributed by atoms with van der Waals surface area (Å²) in [6.07, 6.45) is 1.46. The van der Waals surface area contributed by atoms with Crippen molar-refractivity contribution in [3.05, 3.63) is 36.2 Å². The quantitative estimate of drug-likeness (QED) is 0.599. The van der Waals surface area contributed by atoms with E-state index >= 15 is 0 Å². The standard InChI is InChI=1S/C15H21N5O2S/c1-11(12-6-4-5-7-13(12)22-3)20(2)15(21)16-8-9-23-14-17-10-18-19-14/h4-7,10-11H,8-9H2,1-3H3,(H,16,21)(H,17,18,19). The first kappa shape index (κ1) is 17.1. The number of urea groups is 1. The molecule has 0 bridgehead atoms. The second-order valence-corrected chi connectivity index (χ2v) is 5.98. The topological polar surface area (TPSA) is 83.1 Å². The molecular weight excluding hydrogens is 314 g/mol. The van der Waals surface area contributed by atoms with Gasteiger partial charge in [0.1, 0.15) is 12.1 Å². The van der Waals surface area contributed by atoms with Crippen molar-refractivity contribution in [3.8, 4) is 5.75 Å². The van der Waals surface area contributed by atoms with E-state index in [2.05, 4.69) is 20.5 Å². The number of hydrogen-bond donors (Lipinski definition) is 2. The molecule has 0 aliphatic heterocycles. The van der Waals surface area contributed by atoms with Crippen LogP contribution in [0.25, 0.3) is 0 Å². The Morgan fingerprint density at radius 2 is 2.26 bits per heavy atom. The monoisotopic (exact) mass is 335 g/mol. The summed E-state index contributed by atoms with van der Waals surface area (Å²) in [6, 6.07) is 7.50. The van der Waals surface area contributed by atoms with Gasteiger partial charge in [0.2, 0.25) is 0 Å². The first-order valence-corrected chi connectivity index (χ1v) is 8.23. The highest BCUT2D eigenvalue weighted by atomic mass is 32.2. The Kier molecular flexibility index (Phi) is 6.28. The highest BCUT2D eigenvalue weighted by Crippen LogP contribution is 2.27. The maximum absolute atomic E-state index is 12.2. The van der Waals surface area contributed by atoms with Gasteiger partial charge in [-0.05, 0) is 13.0 Å². The van der Waals surface area contributed by atoms with Crippen LogP contribution in [0, 0.1) is 0 Å². The van der Waals surface area contributed by atoms with Crippen molar-refractivity contribution in [3.63, 3.8) is 0 Å². The molecule has 0 saturated heterocycles. The van der Waals surface area contributed by atoms with Crippen molar-refractivity contribution in [2.45, 2.75) is 18.1 Å². The van der Waals surface area contributed by atoms with Gasteiger partial charge in [-0.2, -0.15) is 5.10 Å². The maximum Gasteiger partial charge on any atom is 0.317 e. The van der Waals surface area contributed by atoms with Gasteiger partial charge >= 0.3 is 6.03 Å². The SMILES string of the molecule is COc1ccccc1C(C)N(C)C(=O)NCCSc1ncn[nH]1. The number of methoxy groups -OCH3 is 1. The number of H-pyrrole nitrogens is 1. The number of carbonyl (C=O) groups is 1. The molecule has 2 N–H and O–H groups in total. The van der Waals surface area contributed by atoms with Crippen LogP contribution in [0.2, 0.25) is 0 Å². The number of amides is 2. The van der Waals surface area contributed by atoms with Crippen LogP contribution < -0.4 is 10.1 Å². The van der Waals surface area contributed by atoms with Gasteiger partial charge in [-0.3, -0.25) is 5.10 Å². The zero-order valence-corrected chi connectivity index (χ0v) is 14.3. The van der Waals surface area contributed by atoms with Crippen molar-refractivity contribution in [2.24, 2.45) is 0 Å². The van der Waals surface area contributed by atoms with Crippen LogP contribution in [0.5, 0.6) is 5.75 Å². The molecule has 0 aliphatic carbocycles. The number of nitrogens with zero attached hydrogens (tertiary/aromatic N) is 3. The lowest BCUT2D eigenvalue weighted by Gasteiger charge is -2.26. The molecule has 8 heteroatoms. The Hall–Kier alpha value is -2.22. The number of para-hydroxylation sites is 1. The van der Waals surface area contributed by atoms with Gasteiger partial charge in [-0.25, -0.2) is 9.78 Å². The minimum atomic E-state index is -0.124. The summed E-state index contributed by atoms with van der Waals surface area (Å²) in [5, 5.41) is 10.2. The zero-order chi connectivity index (χ0) is 16.7. The number of nitrogens with one attached hydrogen (secondary N) is 2. The van der Waals surface area contributed by atoms with Crippen molar-refractivity contribution < 1.29 is 9.53 Å². The first-order chi connectivity index (χ1) is 11.1. The summed E-state index contributed by atoms with van der Waals surface area (Å²) in [7, 11) is 3.41. The molecule has 0 saturated carbocycles. The summed E-state index contributed by atoms with van der Waals surface area (Å²) >= 11 is 1.51. The molecule has 124 valence electrons. The molecule has 2 rings (SSSR count). The van der Waals surface area contributed by atoms with Crippen LogP contribution >= 0.6 is 11.8 Å². The molecule has 1 aromatic heterocycles.